The minimum absolute atomic E-state index is 0.00411. The monoisotopic (exact) mass is 370 g/mol. The van der Waals surface area contributed by atoms with Crippen LogP contribution in [0.2, 0.25) is 0 Å². The Kier molecular flexibility index (Phi) is 5.91. The molecule has 1 aliphatic rings. The van der Waals surface area contributed by atoms with E-state index >= 15 is 0 Å². The van der Waals surface area contributed by atoms with Crippen molar-refractivity contribution in [1.82, 2.24) is 20.2 Å². The summed E-state index contributed by atoms with van der Waals surface area (Å²) in [5.41, 5.74) is 2.53. The molecular formula is C20H26N4O3. The van der Waals surface area contributed by atoms with E-state index in [0.717, 1.165) is 30.8 Å². The molecule has 0 radical (unpaired) electrons. The van der Waals surface area contributed by atoms with Crippen LogP contribution in [0.3, 0.4) is 0 Å². The van der Waals surface area contributed by atoms with Gasteiger partial charge in [-0.25, -0.2) is 9.97 Å². The molecule has 1 aromatic carbocycles. The summed E-state index contributed by atoms with van der Waals surface area (Å²) in [6.07, 6.45) is 2.73. The van der Waals surface area contributed by atoms with Gasteiger partial charge in [-0.1, -0.05) is 13.8 Å². The van der Waals surface area contributed by atoms with Crippen LogP contribution in [0.25, 0.3) is 0 Å². The molecule has 0 spiro atoms. The predicted molar refractivity (Wildman–Crippen MR) is 102 cm³/mol. The third-order valence-electron chi connectivity index (χ3n) is 4.32. The van der Waals surface area contributed by atoms with Gasteiger partial charge in [-0.3, -0.25) is 4.79 Å². The average molecular weight is 370 g/mol. The summed E-state index contributed by atoms with van der Waals surface area (Å²) in [6.45, 7) is 6.64. The minimum atomic E-state index is -0.304. The first-order chi connectivity index (χ1) is 12.9. The standard InChI is InChI=1S/C20H26N4O3/c1-13(2)12-27-17-7-14(6-16(25)8-17)20(26)22-10-19-21-9-15-11-24(3)5-4-18(15)23-19/h6-9,13,25H,4-5,10-12H2,1-3H3,(H,22,26). The fourth-order valence-electron chi connectivity index (χ4n) is 2.91. The third kappa shape index (κ3) is 5.17. The van der Waals surface area contributed by atoms with Gasteiger partial charge < -0.3 is 20.1 Å². The van der Waals surface area contributed by atoms with Gasteiger partial charge in [-0.05, 0) is 25.1 Å². The zero-order valence-electron chi connectivity index (χ0n) is 16.0. The SMILES string of the molecule is CC(C)COc1cc(O)cc(C(=O)NCc2ncc3c(n2)CCN(C)C3)c1. The molecule has 1 aliphatic heterocycles. The second kappa shape index (κ2) is 8.35. The van der Waals surface area contributed by atoms with Gasteiger partial charge in [0, 0.05) is 48.6 Å². The van der Waals surface area contributed by atoms with E-state index in [1.807, 2.05) is 20.0 Å². The fraction of sp³-hybridized carbons (Fsp3) is 0.450. The molecule has 2 aromatic rings. The van der Waals surface area contributed by atoms with E-state index < -0.39 is 0 Å². The van der Waals surface area contributed by atoms with Crippen LogP contribution in [0, 0.1) is 5.92 Å². The highest BCUT2D eigenvalue weighted by atomic mass is 16.5. The topological polar surface area (TPSA) is 87.6 Å². The van der Waals surface area contributed by atoms with Crippen LogP contribution in [-0.4, -0.2) is 46.1 Å². The van der Waals surface area contributed by atoms with Crippen LogP contribution >= 0.6 is 0 Å². The van der Waals surface area contributed by atoms with Crippen molar-refractivity contribution in [3.8, 4) is 11.5 Å². The Balaban J connectivity index is 1.64. The van der Waals surface area contributed by atoms with Gasteiger partial charge in [0.2, 0.25) is 0 Å². The van der Waals surface area contributed by atoms with Crippen molar-refractivity contribution < 1.29 is 14.6 Å². The highest BCUT2D eigenvalue weighted by Gasteiger charge is 2.16. The molecule has 1 amide bonds. The van der Waals surface area contributed by atoms with Gasteiger partial charge >= 0.3 is 0 Å². The number of hydrogen-bond acceptors (Lipinski definition) is 6. The van der Waals surface area contributed by atoms with Crippen LogP contribution in [0.1, 0.15) is 41.3 Å². The number of rotatable bonds is 6. The van der Waals surface area contributed by atoms with E-state index in [-0.39, 0.29) is 18.2 Å². The number of aromatic nitrogens is 2. The highest BCUT2D eigenvalue weighted by Crippen LogP contribution is 2.22. The molecular weight excluding hydrogens is 344 g/mol. The fourth-order valence-corrected chi connectivity index (χ4v) is 2.91. The Morgan fingerprint density at radius 3 is 2.96 bits per heavy atom. The van der Waals surface area contributed by atoms with Crippen LogP contribution in [0.5, 0.6) is 11.5 Å². The molecule has 0 unspecified atom stereocenters. The smallest absolute Gasteiger partial charge is 0.251 e. The summed E-state index contributed by atoms with van der Waals surface area (Å²) in [6, 6.07) is 4.55. The molecule has 0 bridgehead atoms. The Bertz CT molecular complexity index is 823. The molecule has 0 fully saturated rings. The van der Waals surface area contributed by atoms with E-state index in [1.54, 1.807) is 6.07 Å². The number of nitrogens with zero attached hydrogens (tertiary/aromatic N) is 3. The summed E-state index contributed by atoms with van der Waals surface area (Å²) in [4.78, 5) is 23.6. The lowest BCUT2D eigenvalue weighted by molar-refractivity contribution is 0.0949. The van der Waals surface area contributed by atoms with Gasteiger partial charge in [0.1, 0.15) is 17.3 Å². The molecule has 0 atom stereocenters. The molecule has 2 N–H and O–H groups in total. The highest BCUT2D eigenvalue weighted by molar-refractivity contribution is 5.95. The van der Waals surface area contributed by atoms with Crippen molar-refractivity contribution in [2.75, 3.05) is 20.2 Å². The molecule has 0 saturated heterocycles. The maximum atomic E-state index is 12.5. The van der Waals surface area contributed by atoms with Crippen molar-refractivity contribution in [2.45, 2.75) is 33.4 Å². The number of carbonyl (C=O) groups excluding carboxylic acids is 1. The largest absolute Gasteiger partial charge is 0.508 e. The van der Waals surface area contributed by atoms with E-state index in [4.69, 9.17) is 4.74 Å². The number of ether oxygens (including phenoxy) is 1. The number of aromatic hydroxyl groups is 1. The molecule has 3 rings (SSSR count). The molecule has 1 aromatic heterocycles. The maximum absolute atomic E-state index is 12.5. The Hall–Kier alpha value is -2.67. The minimum Gasteiger partial charge on any atom is -0.508 e. The first kappa shape index (κ1) is 19.1. The number of nitrogens with one attached hydrogen (secondary N) is 1. The molecule has 27 heavy (non-hydrogen) atoms. The van der Waals surface area contributed by atoms with Gasteiger partial charge in [0.25, 0.3) is 5.91 Å². The number of fused-ring (bicyclic) bond motifs is 1. The zero-order chi connectivity index (χ0) is 19.4. The lowest BCUT2D eigenvalue weighted by atomic mass is 10.1. The summed E-state index contributed by atoms with van der Waals surface area (Å²) in [7, 11) is 2.07. The van der Waals surface area contributed by atoms with Crippen LogP contribution < -0.4 is 10.1 Å². The predicted octanol–water partition coefficient (Wildman–Crippen LogP) is 2.13. The molecule has 7 nitrogen and oxygen atoms in total. The van der Waals surface area contributed by atoms with Crippen molar-refractivity contribution in [3.05, 3.63) is 47.0 Å². The number of hydrogen-bond donors (Lipinski definition) is 2. The van der Waals surface area contributed by atoms with Crippen LogP contribution in [0.15, 0.2) is 24.4 Å². The van der Waals surface area contributed by atoms with Gasteiger partial charge in [-0.15, -0.1) is 0 Å². The van der Waals surface area contributed by atoms with Gasteiger partial charge in [0.05, 0.1) is 13.2 Å². The first-order valence-corrected chi connectivity index (χ1v) is 9.18. The third-order valence-corrected chi connectivity index (χ3v) is 4.32. The Labute approximate surface area is 159 Å². The van der Waals surface area contributed by atoms with Crippen LogP contribution in [0.4, 0.5) is 0 Å². The van der Waals surface area contributed by atoms with E-state index in [0.29, 0.717) is 29.7 Å². The summed E-state index contributed by atoms with van der Waals surface area (Å²) in [5, 5.41) is 12.7. The Morgan fingerprint density at radius 1 is 1.37 bits per heavy atom. The number of amides is 1. The number of benzene rings is 1. The zero-order valence-corrected chi connectivity index (χ0v) is 16.0. The summed E-state index contributed by atoms with van der Waals surface area (Å²) >= 11 is 0. The molecule has 2 heterocycles. The van der Waals surface area contributed by atoms with Crippen molar-refractivity contribution >= 4 is 5.91 Å². The lowest BCUT2D eigenvalue weighted by Crippen LogP contribution is -2.29. The quantitative estimate of drug-likeness (QED) is 0.810. The summed E-state index contributed by atoms with van der Waals surface area (Å²) in [5.74, 6) is 1.11. The van der Waals surface area contributed by atoms with Crippen molar-refractivity contribution in [2.24, 2.45) is 5.92 Å². The Morgan fingerprint density at radius 2 is 2.19 bits per heavy atom. The second-order valence-electron chi connectivity index (χ2n) is 7.35. The summed E-state index contributed by atoms with van der Waals surface area (Å²) < 4.78 is 5.60. The van der Waals surface area contributed by atoms with E-state index in [2.05, 4.69) is 27.2 Å². The van der Waals surface area contributed by atoms with E-state index in [1.165, 1.54) is 12.1 Å². The molecule has 0 aliphatic carbocycles. The van der Waals surface area contributed by atoms with Gasteiger partial charge in [0.15, 0.2) is 0 Å². The number of carbonyl (C=O) groups is 1. The number of phenolic OH excluding ortho intramolecular Hbond substituents is 1. The first-order valence-electron chi connectivity index (χ1n) is 9.18. The lowest BCUT2D eigenvalue weighted by Gasteiger charge is -2.23. The molecule has 7 heteroatoms. The number of likely N-dealkylation sites (N-methyl/N-ethyl adjacent to an activating group) is 1. The second-order valence-corrected chi connectivity index (χ2v) is 7.35. The maximum Gasteiger partial charge on any atom is 0.251 e. The average Bonchev–Trinajstić information content (AvgIpc) is 2.64. The van der Waals surface area contributed by atoms with Crippen molar-refractivity contribution in [1.29, 1.82) is 0 Å². The van der Waals surface area contributed by atoms with E-state index in [9.17, 15) is 9.90 Å². The van der Waals surface area contributed by atoms with Gasteiger partial charge in [-0.2, -0.15) is 0 Å². The van der Waals surface area contributed by atoms with Crippen LogP contribution in [-0.2, 0) is 19.5 Å². The molecule has 144 valence electrons. The number of phenols is 1. The molecule has 0 saturated carbocycles. The van der Waals surface area contributed by atoms with Crippen molar-refractivity contribution in [3.63, 3.8) is 0 Å². The normalized spacial score (nSPS) is 14.1.